The van der Waals surface area contributed by atoms with Gasteiger partial charge < -0.3 is 14.2 Å². The molecule has 0 N–H and O–H groups in total. The molecule has 0 saturated carbocycles. The zero-order valence-corrected chi connectivity index (χ0v) is 21.4. The van der Waals surface area contributed by atoms with Gasteiger partial charge in [0.05, 0.1) is 37.8 Å². The molecular formula is C28H20BrNO7. The predicted octanol–water partition coefficient (Wildman–Crippen LogP) is 4.16. The van der Waals surface area contributed by atoms with Crippen LogP contribution in [0.15, 0.2) is 71.2 Å². The molecule has 3 aliphatic rings. The third kappa shape index (κ3) is 3.10. The van der Waals surface area contributed by atoms with Gasteiger partial charge in [-0.1, -0.05) is 46.3 Å². The molecule has 186 valence electrons. The molecule has 3 aromatic carbocycles. The van der Waals surface area contributed by atoms with E-state index in [9.17, 15) is 19.2 Å². The summed E-state index contributed by atoms with van der Waals surface area (Å²) < 4.78 is 17.8. The first kappa shape index (κ1) is 23.6. The molecular weight excluding hydrogens is 542 g/mol. The lowest BCUT2D eigenvalue weighted by Crippen LogP contribution is -2.51. The van der Waals surface area contributed by atoms with Gasteiger partial charge in [-0.3, -0.25) is 19.2 Å². The van der Waals surface area contributed by atoms with Crippen LogP contribution in [0.4, 0.5) is 5.69 Å². The van der Waals surface area contributed by atoms with Crippen molar-refractivity contribution in [3.8, 4) is 11.5 Å². The molecule has 0 aromatic heterocycles. The van der Waals surface area contributed by atoms with E-state index in [1.165, 1.54) is 14.2 Å². The second kappa shape index (κ2) is 8.36. The van der Waals surface area contributed by atoms with E-state index < -0.39 is 46.9 Å². The zero-order valence-electron chi connectivity index (χ0n) is 19.8. The first-order chi connectivity index (χ1) is 17.8. The Morgan fingerprint density at radius 2 is 1.43 bits per heavy atom. The number of anilines is 1. The lowest BCUT2D eigenvalue weighted by Gasteiger charge is -2.27. The Hall–Kier alpha value is -3.82. The molecule has 1 spiro atoms. The smallest absolute Gasteiger partial charge is 0.241 e. The van der Waals surface area contributed by atoms with E-state index in [4.69, 9.17) is 14.2 Å². The highest BCUT2D eigenvalue weighted by Gasteiger charge is 2.74. The van der Waals surface area contributed by atoms with Gasteiger partial charge in [-0.15, -0.1) is 0 Å². The van der Waals surface area contributed by atoms with Gasteiger partial charge in [0.1, 0.15) is 0 Å². The third-order valence-corrected chi connectivity index (χ3v) is 7.87. The topological polar surface area (TPSA) is 99.2 Å². The second-order valence-corrected chi connectivity index (χ2v) is 10.00. The summed E-state index contributed by atoms with van der Waals surface area (Å²) in [5.74, 6) is -3.98. The van der Waals surface area contributed by atoms with Gasteiger partial charge in [-0.2, -0.15) is 0 Å². The number of amides is 2. The lowest BCUT2D eigenvalue weighted by molar-refractivity contribution is -0.127. The van der Waals surface area contributed by atoms with Crippen molar-refractivity contribution in [3.05, 3.63) is 87.9 Å². The Labute approximate surface area is 220 Å². The minimum atomic E-state index is -2.14. The second-order valence-electron chi connectivity index (χ2n) is 9.08. The number of carbonyl (C=O) groups excluding carboxylic acids is 4. The Bertz CT molecular complexity index is 1460. The lowest BCUT2D eigenvalue weighted by atomic mass is 9.77. The predicted molar refractivity (Wildman–Crippen MR) is 135 cm³/mol. The molecule has 0 unspecified atom stereocenters. The molecule has 2 heterocycles. The number of halogens is 1. The number of ether oxygens (including phenoxy) is 3. The average Bonchev–Trinajstić information content (AvgIpc) is 3.49. The number of hydrogen-bond acceptors (Lipinski definition) is 7. The highest BCUT2D eigenvalue weighted by Crippen LogP contribution is 2.58. The normalized spacial score (nSPS) is 23.5. The number of methoxy groups -OCH3 is 2. The van der Waals surface area contributed by atoms with Crippen molar-refractivity contribution in [2.45, 2.75) is 11.7 Å². The SMILES string of the molecule is COc1ccc([C@H]2OC3(C(=O)c4ccccc4C3=O)[C@@H]3C(=O)N(c4ccc(Br)cc4)C(=O)[C@@H]23)cc1OC. The van der Waals surface area contributed by atoms with Gasteiger partial charge in [0.25, 0.3) is 0 Å². The quantitative estimate of drug-likeness (QED) is 0.348. The van der Waals surface area contributed by atoms with Crippen molar-refractivity contribution in [3.63, 3.8) is 0 Å². The van der Waals surface area contributed by atoms with E-state index >= 15 is 0 Å². The molecule has 2 fully saturated rings. The average molecular weight is 562 g/mol. The number of benzene rings is 3. The summed E-state index contributed by atoms with van der Waals surface area (Å²) in [6.07, 6.45) is -1.05. The van der Waals surface area contributed by atoms with Gasteiger partial charge in [0.2, 0.25) is 29.0 Å². The van der Waals surface area contributed by atoms with Crippen molar-refractivity contribution in [1.82, 2.24) is 0 Å². The van der Waals surface area contributed by atoms with E-state index in [1.807, 2.05) is 0 Å². The molecule has 6 rings (SSSR count). The van der Waals surface area contributed by atoms with E-state index in [0.29, 0.717) is 22.7 Å². The van der Waals surface area contributed by atoms with Crippen LogP contribution >= 0.6 is 15.9 Å². The number of carbonyl (C=O) groups is 4. The molecule has 8 nitrogen and oxygen atoms in total. The van der Waals surface area contributed by atoms with Crippen LogP contribution in [0.2, 0.25) is 0 Å². The molecule has 9 heteroatoms. The third-order valence-electron chi connectivity index (χ3n) is 7.34. The van der Waals surface area contributed by atoms with Crippen LogP contribution < -0.4 is 14.4 Å². The summed E-state index contributed by atoms with van der Waals surface area (Å²) in [5.41, 5.74) is -0.935. The number of fused-ring (bicyclic) bond motifs is 3. The van der Waals surface area contributed by atoms with Crippen molar-refractivity contribution < 1.29 is 33.4 Å². The van der Waals surface area contributed by atoms with Crippen molar-refractivity contribution in [2.75, 3.05) is 19.1 Å². The zero-order chi connectivity index (χ0) is 26.1. The summed E-state index contributed by atoms with van der Waals surface area (Å²) in [6, 6.07) is 18.0. The molecule has 37 heavy (non-hydrogen) atoms. The Morgan fingerprint density at radius 3 is 2.03 bits per heavy atom. The number of nitrogens with zero attached hydrogens (tertiary/aromatic N) is 1. The summed E-state index contributed by atoms with van der Waals surface area (Å²) >= 11 is 3.36. The van der Waals surface area contributed by atoms with Gasteiger partial charge in [-0.25, -0.2) is 4.90 Å². The Kier molecular flexibility index (Phi) is 5.32. The first-order valence-corrected chi connectivity index (χ1v) is 12.3. The van der Waals surface area contributed by atoms with Crippen LogP contribution in [0.25, 0.3) is 0 Å². The van der Waals surface area contributed by atoms with Gasteiger partial charge in [0.15, 0.2) is 11.5 Å². The number of Topliss-reactive ketones (excluding diaryl/α,β-unsaturated/α-hetero) is 2. The minimum Gasteiger partial charge on any atom is -0.493 e. The number of ketones is 2. The van der Waals surface area contributed by atoms with Crippen molar-refractivity contribution in [2.24, 2.45) is 11.8 Å². The summed E-state index contributed by atoms with van der Waals surface area (Å²) in [4.78, 5) is 56.6. The maximum atomic E-state index is 14.0. The fourth-order valence-corrected chi connectivity index (χ4v) is 5.96. The van der Waals surface area contributed by atoms with Crippen LogP contribution in [-0.4, -0.2) is 43.2 Å². The Morgan fingerprint density at radius 1 is 0.811 bits per heavy atom. The van der Waals surface area contributed by atoms with Gasteiger partial charge in [-0.05, 0) is 42.0 Å². The molecule has 0 radical (unpaired) electrons. The van der Waals surface area contributed by atoms with E-state index in [1.54, 1.807) is 66.7 Å². The van der Waals surface area contributed by atoms with E-state index in [2.05, 4.69) is 15.9 Å². The van der Waals surface area contributed by atoms with Crippen LogP contribution in [0.3, 0.4) is 0 Å². The molecule has 2 amide bonds. The number of imide groups is 1. The summed E-state index contributed by atoms with van der Waals surface area (Å²) in [5, 5.41) is 0. The van der Waals surface area contributed by atoms with E-state index in [-0.39, 0.29) is 11.1 Å². The first-order valence-electron chi connectivity index (χ1n) is 11.5. The van der Waals surface area contributed by atoms with Crippen molar-refractivity contribution in [1.29, 1.82) is 0 Å². The Balaban J connectivity index is 1.54. The minimum absolute atomic E-state index is 0.182. The maximum Gasteiger partial charge on any atom is 0.241 e. The van der Waals surface area contributed by atoms with Gasteiger partial charge in [0, 0.05) is 15.6 Å². The summed E-state index contributed by atoms with van der Waals surface area (Å²) in [6.45, 7) is 0. The molecule has 0 bridgehead atoms. The van der Waals surface area contributed by atoms with E-state index in [0.717, 1.165) is 9.37 Å². The van der Waals surface area contributed by atoms with Crippen LogP contribution in [0.5, 0.6) is 11.5 Å². The maximum absolute atomic E-state index is 14.0. The standard InChI is InChI=1S/C28H20BrNO7/c1-35-19-12-7-14(13-20(19)36-2)23-21-22(27(34)30(26(21)33)16-10-8-15(29)9-11-16)28(37-23)24(31)17-5-3-4-6-18(17)25(28)32/h3-13,21-23H,1-2H3/t21-,22+,23-/m1/s1. The van der Waals surface area contributed by atoms with Crippen LogP contribution in [-0.2, 0) is 14.3 Å². The van der Waals surface area contributed by atoms with Gasteiger partial charge >= 0.3 is 0 Å². The highest BCUT2D eigenvalue weighted by atomic mass is 79.9. The van der Waals surface area contributed by atoms with Crippen molar-refractivity contribution >= 4 is 45.0 Å². The summed E-state index contributed by atoms with van der Waals surface area (Å²) in [7, 11) is 2.97. The number of rotatable bonds is 4. The monoisotopic (exact) mass is 561 g/mol. The van der Waals surface area contributed by atoms with Crippen LogP contribution in [0, 0.1) is 11.8 Å². The van der Waals surface area contributed by atoms with Crippen LogP contribution in [0.1, 0.15) is 32.4 Å². The molecule has 2 aliphatic heterocycles. The molecule has 3 aromatic rings. The fraction of sp³-hybridized carbons (Fsp3) is 0.214. The fourth-order valence-electron chi connectivity index (χ4n) is 5.69. The highest BCUT2D eigenvalue weighted by molar-refractivity contribution is 9.10. The molecule has 1 aliphatic carbocycles. The molecule has 2 saturated heterocycles. The largest absolute Gasteiger partial charge is 0.493 e. The molecule has 3 atom stereocenters. The number of hydrogen-bond donors (Lipinski definition) is 0.